The molecule has 6 nitrogen and oxygen atoms in total. The molecular formula is C14H10Cl2N2O4. The van der Waals surface area contributed by atoms with Gasteiger partial charge < -0.3 is 10.1 Å². The Balaban J connectivity index is 2.41. The molecule has 22 heavy (non-hydrogen) atoms. The molecule has 0 aliphatic heterocycles. The van der Waals surface area contributed by atoms with Gasteiger partial charge in [-0.25, -0.2) is 0 Å². The van der Waals surface area contributed by atoms with Gasteiger partial charge >= 0.3 is 0 Å². The number of anilines is 1. The van der Waals surface area contributed by atoms with Gasteiger partial charge in [-0.05, 0) is 18.2 Å². The maximum absolute atomic E-state index is 12.3. The average Bonchev–Trinajstić information content (AvgIpc) is 2.46. The number of halogens is 2. The van der Waals surface area contributed by atoms with Gasteiger partial charge in [0.2, 0.25) is 0 Å². The summed E-state index contributed by atoms with van der Waals surface area (Å²) in [6.45, 7) is 0. The van der Waals surface area contributed by atoms with Gasteiger partial charge in [-0.1, -0.05) is 35.3 Å². The zero-order valence-electron chi connectivity index (χ0n) is 11.3. The molecule has 0 aliphatic carbocycles. The van der Waals surface area contributed by atoms with Crippen LogP contribution >= 0.6 is 23.2 Å². The molecule has 0 spiro atoms. The summed E-state index contributed by atoms with van der Waals surface area (Å²) in [5.74, 6) is -0.474. The van der Waals surface area contributed by atoms with Crippen molar-refractivity contribution in [2.75, 3.05) is 12.4 Å². The number of carbonyl (C=O) groups excluding carboxylic acids is 1. The molecule has 0 aromatic heterocycles. The summed E-state index contributed by atoms with van der Waals surface area (Å²) in [5.41, 5.74) is -0.0725. The van der Waals surface area contributed by atoms with Crippen molar-refractivity contribution in [1.82, 2.24) is 0 Å². The van der Waals surface area contributed by atoms with Crippen molar-refractivity contribution in [3.63, 3.8) is 0 Å². The molecule has 0 bridgehead atoms. The van der Waals surface area contributed by atoms with E-state index < -0.39 is 10.8 Å². The van der Waals surface area contributed by atoms with Crippen molar-refractivity contribution in [3.05, 3.63) is 62.1 Å². The second-order valence-corrected chi connectivity index (χ2v) is 5.04. The molecule has 0 fully saturated rings. The number of amides is 1. The van der Waals surface area contributed by atoms with Crippen molar-refractivity contribution >= 4 is 40.5 Å². The molecule has 1 N–H and O–H groups in total. The molecule has 2 aromatic rings. The standard InChI is InChI=1S/C14H10Cl2N2O4/c1-22-13-9(6-8(15)7-10(13)16)14(19)17-11-4-2-3-5-12(11)18(20)21/h2-7H,1H3,(H,17,19). The van der Waals surface area contributed by atoms with Gasteiger partial charge in [0.25, 0.3) is 11.6 Å². The summed E-state index contributed by atoms with van der Waals surface area (Å²) in [4.78, 5) is 22.7. The maximum atomic E-state index is 12.3. The van der Waals surface area contributed by atoms with Crippen LogP contribution in [0.15, 0.2) is 36.4 Å². The Morgan fingerprint density at radius 1 is 1.27 bits per heavy atom. The predicted molar refractivity (Wildman–Crippen MR) is 84.1 cm³/mol. The molecule has 0 saturated heterocycles. The number of nitrogens with zero attached hydrogens (tertiary/aromatic N) is 1. The van der Waals surface area contributed by atoms with E-state index >= 15 is 0 Å². The first-order valence-corrected chi connectivity index (χ1v) is 6.77. The van der Waals surface area contributed by atoms with E-state index in [0.717, 1.165) is 0 Å². The van der Waals surface area contributed by atoms with Crippen LogP contribution in [0.5, 0.6) is 5.75 Å². The van der Waals surface area contributed by atoms with E-state index in [1.165, 1.54) is 37.4 Å². The normalized spacial score (nSPS) is 10.1. The summed E-state index contributed by atoms with van der Waals surface area (Å²) >= 11 is 11.8. The Labute approximate surface area is 135 Å². The van der Waals surface area contributed by atoms with E-state index in [2.05, 4.69) is 5.32 Å². The van der Waals surface area contributed by atoms with E-state index in [1.807, 2.05) is 0 Å². The summed E-state index contributed by atoms with van der Waals surface area (Å²) in [5, 5.41) is 13.8. The third-order valence-corrected chi connectivity index (χ3v) is 3.31. The van der Waals surface area contributed by atoms with Crippen LogP contribution in [0, 0.1) is 10.1 Å². The number of nitrogens with one attached hydrogen (secondary N) is 1. The molecule has 8 heteroatoms. The monoisotopic (exact) mass is 340 g/mol. The molecule has 2 rings (SSSR count). The van der Waals surface area contributed by atoms with Gasteiger partial charge in [0.1, 0.15) is 11.4 Å². The minimum Gasteiger partial charge on any atom is -0.494 e. The van der Waals surface area contributed by atoms with Crippen LogP contribution in [0.4, 0.5) is 11.4 Å². The van der Waals surface area contributed by atoms with Crippen LogP contribution in [0.25, 0.3) is 0 Å². The Hall–Kier alpha value is -2.31. The average molecular weight is 341 g/mol. The SMILES string of the molecule is COc1c(Cl)cc(Cl)cc1C(=O)Nc1ccccc1[N+](=O)[O-]. The molecule has 0 saturated carbocycles. The van der Waals surface area contributed by atoms with Gasteiger partial charge in [-0.2, -0.15) is 0 Å². The number of benzene rings is 2. The number of hydrogen-bond acceptors (Lipinski definition) is 4. The van der Waals surface area contributed by atoms with Crippen molar-refractivity contribution < 1.29 is 14.5 Å². The highest BCUT2D eigenvalue weighted by atomic mass is 35.5. The minimum absolute atomic E-state index is 0.0654. The van der Waals surface area contributed by atoms with E-state index in [9.17, 15) is 14.9 Å². The second kappa shape index (κ2) is 6.64. The first-order valence-electron chi connectivity index (χ1n) is 6.02. The quantitative estimate of drug-likeness (QED) is 0.669. The second-order valence-electron chi connectivity index (χ2n) is 4.20. The fraction of sp³-hybridized carbons (Fsp3) is 0.0714. The minimum atomic E-state index is -0.615. The number of hydrogen-bond donors (Lipinski definition) is 1. The Morgan fingerprint density at radius 3 is 2.59 bits per heavy atom. The molecular weight excluding hydrogens is 331 g/mol. The molecule has 1 amide bonds. The Morgan fingerprint density at radius 2 is 1.95 bits per heavy atom. The molecule has 2 aromatic carbocycles. The number of methoxy groups -OCH3 is 1. The first kappa shape index (κ1) is 16.1. The predicted octanol–water partition coefficient (Wildman–Crippen LogP) is 4.16. The van der Waals surface area contributed by atoms with E-state index in [1.54, 1.807) is 6.07 Å². The van der Waals surface area contributed by atoms with Crippen LogP contribution in [0.3, 0.4) is 0 Å². The van der Waals surface area contributed by atoms with Crippen LogP contribution in [-0.2, 0) is 0 Å². The number of ether oxygens (including phenoxy) is 1. The zero-order valence-corrected chi connectivity index (χ0v) is 12.8. The van der Waals surface area contributed by atoms with Crippen molar-refractivity contribution in [3.8, 4) is 5.75 Å². The van der Waals surface area contributed by atoms with Crippen molar-refractivity contribution in [2.45, 2.75) is 0 Å². The van der Waals surface area contributed by atoms with Gasteiger partial charge in [0, 0.05) is 11.1 Å². The van der Waals surface area contributed by atoms with Gasteiger partial charge in [0.05, 0.1) is 22.6 Å². The highest BCUT2D eigenvalue weighted by Crippen LogP contribution is 2.33. The molecule has 0 radical (unpaired) electrons. The number of nitro benzene ring substituents is 1. The fourth-order valence-electron chi connectivity index (χ4n) is 1.86. The van der Waals surface area contributed by atoms with Gasteiger partial charge in [-0.3, -0.25) is 14.9 Å². The maximum Gasteiger partial charge on any atom is 0.292 e. The largest absolute Gasteiger partial charge is 0.494 e. The first-order chi connectivity index (χ1) is 10.4. The Bertz CT molecular complexity index is 750. The lowest BCUT2D eigenvalue weighted by atomic mass is 10.1. The number of para-hydroxylation sites is 2. The molecule has 0 atom stereocenters. The highest BCUT2D eigenvalue weighted by molar-refractivity contribution is 6.36. The molecule has 0 unspecified atom stereocenters. The Kier molecular flexibility index (Phi) is 4.85. The molecule has 114 valence electrons. The van der Waals surface area contributed by atoms with Crippen LogP contribution in [0.2, 0.25) is 10.0 Å². The summed E-state index contributed by atoms with van der Waals surface area (Å²) in [6.07, 6.45) is 0. The van der Waals surface area contributed by atoms with Gasteiger partial charge in [0.15, 0.2) is 0 Å². The van der Waals surface area contributed by atoms with E-state index in [4.69, 9.17) is 27.9 Å². The number of nitro groups is 1. The van der Waals surface area contributed by atoms with E-state index in [0.29, 0.717) is 0 Å². The third-order valence-electron chi connectivity index (χ3n) is 2.81. The highest BCUT2D eigenvalue weighted by Gasteiger charge is 2.20. The summed E-state index contributed by atoms with van der Waals surface area (Å²) < 4.78 is 5.08. The molecule has 0 aliphatic rings. The number of carbonyl (C=O) groups is 1. The van der Waals surface area contributed by atoms with Crippen molar-refractivity contribution in [1.29, 1.82) is 0 Å². The van der Waals surface area contributed by atoms with Crippen LogP contribution in [0.1, 0.15) is 10.4 Å². The zero-order chi connectivity index (χ0) is 16.3. The van der Waals surface area contributed by atoms with Crippen LogP contribution < -0.4 is 10.1 Å². The smallest absolute Gasteiger partial charge is 0.292 e. The lowest BCUT2D eigenvalue weighted by Crippen LogP contribution is -2.14. The fourth-order valence-corrected chi connectivity index (χ4v) is 2.44. The van der Waals surface area contributed by atoms with E-state index in [-0.39, 0.29) is 32.7 Å². The lowest BCUT2D eigenvalue weighted by Gasteiger charge is -2.11. The summed E-state index contributed by atoms with van der Waals surface area (Å²) in [6, 6.07) is 8.60. The summed E-state index contributed by atoms with van der Waals surface area (Å²) in [7, 11) is 1.36. The topological polar surface area (TPSA) is 81.5 Å². The number of rotatable bonds is 4. The molecule has 0 heterocycles. The van der Waals surface area contributed by atoms with Gasteiger partial charge in [-0.15, -0.1) is 0 Å². The lowest BCUT2D eigenvalue weighted by molar-refractivity contribution is -0.383. The van der Waals surface area contributed by atoms with Crippen molar-refractivity contribution in [2.24, 2.45) is 0 Å². The third kappa shape index (κ3) is 3.29. The van der Waals surface area contributed by atoms with Crippen LogP contribution in [-0.4, -0.2) is 17.9 Å².